The summed E-state index contributed by atoms with van der Waals surface area (Å²) in [6, 6.07) is 17.7. The van der Waals surface area contributed by atoms with Gasteiger partial charge in [0.2, 0.25) is 11.8 Å². The second-order valence-corrected chi connectivity index (χ2v) is 7.38. The molecule has 2 N–H and O–H groups in total. The van der Waals surface area contributed by atoms with Crippen LogP contribution in [0.15, 0.2) is 59.7 Å². The monoisotopic (exact) mass is 361 g/mol. The second-order valence-electron chi connectivity index (χ2n) is 7.38. The van der Waals surface area contributed by atoms with Crippen LogP contribution in [0.25, 0.3) is 0 Å². The van der Waals surface area contributed by atoms with E-state index >= 15 is 0 Å². The highest BCUT2D eigenvalue weighted by atomic mass is 16.2. The Morgan fingerprint density at radius 1 is 1.00 bits per heavy atom. The summed E-state index contributed by atoms with van der Waals surface area (Å²) in [6.45, 7) is 1.85. The Balaban J connectivity index is 1.35. The van der Waals surface area contributed by atoms with E-state index in [1.54, 1.807) is 0 Å². The first-order chi connectivity index (χ1) is 13.1. The molecule has 0 aliphatic heterocycles. The second kappa shape index (κ2) is 7.35. The highest BCUT2D eigenvalue weighted by molar-refractivity contribution is 6.01. The van der Waals surface area contributed by atoms with Gasteiger partial charge in [0, 0.05) is 17.5 Å². The number of hydrogen-bond donors (Lipinski definition) is 2. The van der Waals surface area contributed by atoms with Crippen LogP contribution in [0.2, 0.25) is 0 Å². The Kier molecular flexibility index (Phi) is 4.75. The van der Waals surface area contributed by atoms with Crippen molar-refractivity contribution >= 4 is 23.2 Å². The largest absolute Gasteiger partial charge is 0.326 e. The third-order valence-electron chi connectivity index (χ3n) is 5.18. The molecule has 2 aromatic carbocycles. The molecule has 0 spiro atoms. The van der Waals surface area contributed by atoms with E-state index in [4.69, 9.17) is 0 Å². The molecule has 2 aliphatic carbocycles. The lowest BCUT2D eigenvalue weighted by Crippen LogP contribution is -2.21. The number of amides is 2. The van der Waals surface area contributed by atoms with Crippen LogP contribution in [0.4, 0.5) is 5.69 Å². The molecule has 2 aromatic rings. The van der Waals surface area contributed by atoms with Gasteiger partial charge in [0.05, 0.1) is 5.71 Å². The van der Waals surface area contributed by atoms with E-state index in [-0.39, 0.29) is 23.7 Å². The van der Waals surface area contributed by atoms with Crippen LogP contribution in [0.5, 0.6) is 0 Å². The number of benzene rings is 2. The molecule has 4 rings (SSSR count). The summed E-state index contributed by atoms with van der Waals surface area (Å²) in [5.41, 5.74) is 6.24. The van der Waals surface area contributed by atoms with Gasteiger partial charge in [-0.3, -0.25) is 9.59 Å². The van der Waals surface area contributed by atoms with E-state index in [1.807, 2.05) is 49.4 Å². The molecular formula is C22H23N3O2. The maximum atomic E-state index is 12.3. The van der Waals surface area contributed by atoms with Gasteiger partial charge in [-0.25, -0.2) is 5.43 Å². The van der Waals surface area contributed by atoms with Crippen LogP contribution in [-0.4, -0.2) is 17.5 Å². The van der Waals surface area contributed by atoms with Crippen molar-refractivity contribution in [1.29, 1.82) is 0 Å². The first-order valence-corrected chi connectivity index (χ1v) is 9.42. The van der Waals surface area contributed by atoms with Gasteiger partial charge in [0.1, 0.15) is 0 Å². The SMILES string of the molecule is C/C(=N\NC(=O)C1CC1c1ccccc1)c1cccc(NC(=O)C2CC2)c1. The van der Waals surface area contributed by atoms with Crippen LogP contribution in [0.3, 0.4) is 0 Å². The average molecular weight is 361 g/mol. The number of nitrogens with one attached hydrogen (secondary N) is 2. The number of nitrogens with zero attached hydrogens (tertiary/aromatic N) is 1. The third kappa shape index (κ3) is 4.25. The van der Waals surface area contributed by atoms with Crippen molar-refractivity contribution in [3.63, 3.8) is 0 Å². The van der Waals surface area contributed by atoms with Gasteiger partial charge < -0.3 is 5.32 Å². The van der Waals surface area contributed by atoms with E-state index in [0.717, 1.165) is 30.5 Å². The van der Waals surface area contributed by atoms with E-state index in [1.165, 1.54) is 5.56 Å². The highest BCUT2D eigenvalue weighted by Gasteiger charge is 2.43. The minimum Gasteiger partial charge on any atom is -0.326 e. The number of anilines is 1. The fourth-order valence-electron chi connectivity index (χ4n) is 3.25. The fraction of sp³-hybridized carbons (Fsp3) is 0.318. The standard InChI is InChI=1S/C22H23N3O2/c1-14(17-8-5-9-18(12-17)23-21(26)16-10-11-16)24-25-22(27)20-13-19(20)15-6-3-2-4-7-15/h2-9,12,16,19-20H,10-11,13H2,1H3,(H,23,26)(H,25,27)/b24-14+. The Morgan fingerprint density at radius 3 is 2.52 bits per heavy atom. The normalized spacial score (nSPS) is 21.4. The number of hydrogen-bond acceptors (Lipinski definition) is 3. The van der Waals surface area contributed by atoms with Gasteiger partial charge in [-0.15, -0.1) is 0 Å². The van der Waals surface area contributed by atoms with Crippen molar-refractivity contribution in [2.24, 2.45) is 16.9 Å². The summed E-state index contributed by atoms with van der Waals surface area (Å²) >= 11 is 0. The Labute approximate surface area is 158 Å². The lowest BCUT2D eigenvalue weighted by molar-refractivity contribution is -0.122. The highest BCUT2D eigenvalue weighted by Crippen LogP contribution is 2.47. The minimum atomic E-state index is -0.0404. The topological polar surface area (TPSA) is 70.6 Å². The van der Waals surface area contributed by atoms with Crippen molar-refractivity contribution in [1.82, 2.24) is 5.43 Å². The molecular weight excluding hydrogens is 338 g/mol. The van der Waals surface area contributed by atoms with Crippen molar-refractivity contribution in [3.8, 4) is 0 Å². The molecule has 0 saturated heterocycles. The molecule has 2 fully saturated rings. The number of rotatable bonds is 6. The molecule has 27 heavy (non-hydrogen) atoms. The van der Waals surface area contributed by atoms with Gasteiger partial charge in [-0.1, -0.05) is 42.5 Å². The van der Waals surface area contributed by atoms with Crippen molar-refractivity contribution in [2.45, 2.75) is 32.1 Å². The summed E-state index contributed by atoms with van der Waals surface area (Å²) in [7, 11) is 0. The molecule has 0 aromatic heterocycles. The zero-order valence-electron chi connectivity index (χ0n) is 15.3. The Bertz CT molecular complexity index is 887. The van der Waals surface area contributed by atoms with E-state index in [0.29, 0.717) is 11.6 Å². The fourth-order valence-corrected chi connectivity index (χ4v) is 3.25. The molecule has 2 unspecified atom stereocenters. The van der Waals surface area contributed by atoms with Gasteiger partial charge in [0.15, 0.2) is 0 Å². The lowest BCUT2D eigenvalue weighted by Gasteiger charge is -2.07. The average Bonchev–Trinajstić information content (AvgIpc) is 3.59. The van der Waals surface area contributed by atoms with Crippen molar-refractivity contribution in [3.05, 3.63) is 65.7 Å². The minimum absolute atomic E-state index is 0.00638. The van der Waals surface area contributed by atoms with Gasteiger partial charge >= 0.3 is 0 Å². The van der Waals surface area contributed by atoms with Crippen LogP contribution in [0.1, 0.15) is 43.2 Å². The maximum Gasteiger partial charge on any atom is 0.243 e. The number of carbonyl (C=O) groups is 2. The Morgan fingerprint density at radius 2 is 1.78 bits per heavy atom. The Hall–Kier alpha value is -2.95. The van der Waals surface area contributed by atoms with E-state index in [9.17, 15) is 9.59 Å². The zero-order chi connectivity index (χ0) is 18.8. The summed E-state index contributed by atoms with van der Waals surface area (Å²) in [4.78, 5) is 24.2. The zero-order valence-corrected chi connectivity index (χ0v) is 15.3. The molecule has 2 saturated carbocycles. The molecule has 5 nitrogen and oxygen atoms in total. The molecule has 0 radical (unpaired) electrons. The van der Waals surface area contributed by atoms with Crippen molar-refractivity contribution in [2.75, 3.05) is 5.32 Å². The van der Waals surface area contributed by atoms with Crippen molar-refractivity contribution < 1.29 is 9.59 Å². The first kappa shape index (κ1) is 17.5. The predicted octanol–water partition coefficient (Wildman–Crippen LogP) is 3.68. The van der Waals surface area contributed by atoms with Gasteiger partial charge in [0.25, 0.3) is 0 Å². The first-order valence-electron chi connectivity index (χ1n) is 9.42. The number of hydrazone groups is 1. The maximum absolute atomic E-state index is 12.3. The summed E-state index contributed by atoms with van der Waals surface area (Å²) in [5, 5.41) is 7.19. The molecule has 5 heteroatoms. The predicted molar refractivity (Wildman–Crippen MR) is 105 cm³/mol. The quantitative estimate of drug-likeness (QED) is 0.609. The van der Waals surface area contributed by atoms with Crippen LogP contribution in [-0.2, 0) is 9.59 Å². The molecule has 0 bridgehead atoms. The smallest absolute Gasteiger partial charge is 0.243 e. The molecule has 2 atom stereocenters. The van der Waals surface area contributed by atoms with Crippen LogP contribution < -0.4 is 10.7 Å². The molecule has 0 heterocycles. The summed E-state index contributed by atoms with van der Waals surface area (Å²) in [6.07, 6.45) is 2.82. The third-order valence-corrected chi connectivity index (χ3v) is 5.18. The summed E-state index contributed by atoms with van der Waals surface area (Å²) in [5.74, 6) is 0.492. The van der Waals surface area contributed by atoms with Crippen LogP contribution in [0, 0.1) is 11.8 Å². The van der Waals surface area contributed by atoms with Gasteiger partial charge in [-0.2, -0.15) is 5.10 Å². The van der Waals surface area contributed by atoms with Crippen LogP contribution >= 0.6 is 0 Å². The molecule has 138 valence electrons. The lowest BCUT2D eigenvalue weighted by atomic mass is 10.1. The summed E-state index contributed by atoms with van der Waals surface area (Å²) < 4.78 is 0. The molecule has 2 amide bonds. The van der Waals surface area contributed by atoms with E-state index in [2.05, 4.69) is 28.0 Å². The molecule has 2 aliphatic rings. The van der Waals surface area contributed by atoms with E-state index < -0.39 is 0 Å². The number of carbonyl (C=O) groups excluding carboxylic acids is 2. The van der Waals surface area contributed by atoms with Gasteiger partial charge in [-0.05, 0) is 55.4 Å².